The summed E-state index contributed by atoms with van der Waals surface area (Å²) in [6.07, 6.45) is 3.90. The molecule has 2 rings (SSSR count). The zero-order valence-corrected chi connectivity index (χ0v) is 20.4. The number of ether oxygens (including phenoxy) is 2. The molecule has 2 unspecified atom stereocenters. The first-order valence-corrected chi connectivity index (χ1v) is 9.33. The Morgan fingerprint density at radius 1 is 1.24 bits per heavy atom. The van der Waals surface area contributed by atoms with Gasteiger partial charge in [-0.15, -0.1) is 24.0 Å². The van der Waals surface area contributed by atoms with Crippen LogP contribution in [0.1, 0.15) is 18.5 Å². The molecule has 162 valence electrons. The van der Waals surface area contributed by atoms with E-state index in [1.165, 1.54) is 0 Å². The quantitative estimate of drug-likeness (QED) is 0.303. The second kappa shape index (κ2) is 12.5. The van der Waals surface area contributed by atoms with E-state index in [-0.39, 0.29) is 36.1 Å². The van der Waals surface area contributed by atoms with Crippen molar-refractivity contribution in [2.75, 3.05) is 41.3 Å². The van der Waals surface area contributed by atoms with E-state index in [2.05, 4.69) is 39.7 Å². The standard InChI is InChI=1S/C20H32N6O2.HI/c1-15(28-18-9-7-8-17(10-18)27-6)11-22-20(21-2)23-13-19(25(3)4)16-12-24-26(5)14-16;/h7-10,12,14-15,19H,11,13H2,1-6H3,(H2,21,22,23);1H. The molecule has 29 heavy (non-hydrogen) atoms. The Hall–Kier alpha value is -2.01. The first kappa shape index (κ1) is 25.0. The van der Waals surface area contributed by atoms with Gasteiger partial charge in [0.25, 0.3) is 0 Å². The minimum absolute atomic E-state index is 0. The molecule has 0 bridgehead atoms. The Morgan fingerprint density at radius 2 is 1.93 bits per heavy atom. The molecular formula is C20H33IN6O2. The van der Waals surface area contributed by atoms with Gasteiger partial charge in [-0.2, -0.15) is 5.10 Å². The Kier molecular flexibility index (Phi) is 10.8. The summed E-state index contributed by atoms with van der Waals surface area (Å²) in [5.74, 6) is 2.29. The summed E-state index contributed by atoms with van der Waals surface area (Å²) in [5, 5.41) is 11.0. The average molecular weight is 516 g/mol. The van der Waals surface area contributed by atoms with Crippen molar-refractivity contribution >= 4 is 29.9 Å². The van der Waals surface area contributed by atoms with Crippen molar-refractivity contribution in [3.8, 4) is 11.5 Å². The van der Waals surface area contributed by atoms with E-state index >= 15 is 0 Å². The number of benzene rings is 1. The van der Waals surface area contributed by atoms with Gasteiger partial charge in [0.15, 0.2) is 5.96 Å². The van der Waals surface area contributed by atoms with E-state index in [4.69, 9.17) is 9.47 Å². The van der Waals surface area contributed by atoms with Crippen LogP contribution in [0.4, 0.5) is 0 Å². The molecule has 1 heterocycles. The highest BCUT2D eigenvalue weighted by Crippen LogP contribution is 2.20. The molecule has 2 N–H and O–H groups in total. The van der Waals surface area contributed by atoms with E-state index in [9.17, 15) is 0 Å². The minimum atomic E-state index is -0.0337. The number of halogens is 1. The molecule has 0 spiro atoms. The SMILES string of the molecule is CN=C(NCC(C)Oc1cccc(OC)c1)NCC(c1cnn(C)c1)N(C)C.I. The highest BCUT2D eigenvalue weighted by Gasteiger charge is 2.16. The first-order valence-electron chi connectivity index (χ1n) is 9.33. The van der Waals surface area contributed by atoms with E-state index in [1.54, 1.807) is 14.2 Å². The third kappa shape index (κ3) is 8.09. The zero-order chi connectivity index (χ0) is 20.5. The highest BCUT2D eigenvalue weighted by molar-refractivity contribution is 14.0. The van der Waals surface area contributed by atoms with Gasteiger partial charge in [-0.05, 0) is 33.2 Å². The van der Waals surface area contributed by atoms with Gasteiger partial charge < -0.3 is 25.0 Å². The van der Waals surface area contributed by atoms with Gasteiger partial charge in [0, 0.05) is 38.5 Å². The summed E-state index contributed by atoms with van der Waals surface area (Å²) in [6, 6.07) is 7.79. The maximum Gasteiger partial charge on any atom is 0.191 e. The van der Waals surface area contributed by atoms with Gasteiger partial charge in [0.2, 0.25) is 0 Å². The number of nitrogens with one attached hydrogen (secondary N) is 2. The molecule has 0 saturated heterocycles. The van der Waals surface area contributed by atoms with Crippen molar-refractivity contribution in [1.29, 1.82) is 0 Å². The third-order valence-corrected chi connectivity index (χ3v) is 4.35. The molecule has 0 amide bonds. The number of likely N-dealkylation sites (N-methyl/N-ethyl adjacent to an activating group) is 1. The van der Waals surface area contributed by atoms with E-state index in [0.29, 0.717) is 13.1 Å². The Labute approximate surface area is 190 Å². The summed E-state index contributed by atoms with van der Waals surface area (Å²) < 4.78 is 13.0. The molecule has 0 radical (unpaired) electrons. The summed E-state index contributed by atoms with van der Waals surface area (Å²) in [7, 11) is 9.44. The number of methoxy groups -OCH3 is 1. The summed E-state index contributed by atoms with van der Waals surface area (Å²) in [6.45, 7) is 3.35. The van der Waals surface area contributed by atoms with Crippen LogP contribution in [-0.4, -0.2) is 68.1 Å². The predicted molar refractivity (Wildman–Crippen MR) is 127 cm³/mol. The smallest absolute Gasteiger partial charge is 0.191 e. The Bertz CT molecular complexity index is 765. The number of nitrogens with zero attached hydrogens (tertiary/aromatic N) is 4. The van der Waals surface area contributed by atoms with Crippen LogP contribution in [0, 0.1) is 0 Å². The number of hydrogen-bond acceptors (Lipinski definition) is 5. The molecule has 8 nitrogen and oxygen atoms in total. The predicted octanol–water partition coefficient (Wildman–Crippen LogP) is 2.28. The second-order valence-electron chi connectivity index (χ2n) is 6.87. The van der Waals surface area contributed by atoms with Crippen LogP contribution in [-0.2, 0) is 7.05 Å². The number of aromatic nitrogens is 2. The topological polar surface area (TPSA) is 75.9 Å². The molecule has 2 atom stereocenters. The van der Waals surface area contributed by atoms with Gasteiger partial charge in [0.05, 0.1) is 25.9 Å². The van der Waals surface area contributed by atoms with Crippen LogP contribution in [0.2, 0.25) is 0 Å². The molecule has 9 heteroatoms. The Balaban J connectivity index is 0.00000420. The molecule has 0 aliphatic carbocycles. The third-order valence-electron chi connectivity index (χ3n) is 4.35. The second-order valence-corrected chi connectivity index (χ2v) is 6.87. The fourth-order valence-corrected chi connectivity index (χ4v) is 2.81. The van der Waals surface area contributed by atoms with Gasteiger partial charge in [-0.25, -0.2) is 0 Å². The lowest BCUT2D eigenvalue weighted by atomic mass is 10.1. The highest BCUT2D eigenvalue weighted by atomic mass is 127. The molecule has 0 fully saturated rings. The summed E-state index contributed by atoms with van der Waals surface area (Å²) >= 11 is 0. The van der Waals surface area contributed by atoms with Crippen molar-refractivity contribution in [2.24, 2.45) is 12.0 Å². The van der Waals surface area contributed by atoms with Crippen LogP contribution in [0.3, 0.4) is 0 Å². The maximum absolute atomic E-state index is 5.94. The van der Waals surface area contributed by atoms with Crippen LogP contribution < -0.4 is 20.1 Å². The Morgan fingerprint density at radius 3 is 2.52 bits per heavy atom. The molecular weight excluding hydrogens is 483 g/mol. The molecule has 0 saturated carbocycles. The van der Waals surface area contributed by atoms with Gasteiger partial charge in [-0.1, -0.05) is 6.07 Å². The maximum atomic E-state index is 5.94. The zero-order valence-electron chi connectivity index (χ0n) is 18.0. The molecule has 1 aromatic heterocycles. The van der Waals surface area contributed by atoms with Crippen LogP contribution in [0.15, 0.2) is 41.7 Å². The van der Waals surface area contributed by atoms with E-state index < -0.39 is 0 Å². The van der Waals surface area contributed by atoms with Crippen molar-refractivity contribution in [3.63, 3.8) is 0 Å². The fourth-order valence-electron chi connectivity index (χ4n) is 2.81. The first-order chi connectivity index (χ1) is 13.4. The number of hydrogen-bond donors (Lipinski definition) is 2. The largest absolute Gasteiger partial charge is 0.497 e. The number of guanidine groups is 1. The van der Waals surface area contributed by atoms with E-state index in [0.717, 1.165) is 23.0 Å². The van der Waals surface area contributed by atoms with Gasteiger partial charge in [-0.3, -0.25) is 9.67 Å². The van der Waals surface area contributed by atoms with Crippen molar-refractivity contribution in [3.05, 3.63) is 42.2 Å². The number of aryl methyl sites for hydroxylation is 1. The normalized spacial score (nSPS) is 13.4. The van der Waals surface area contributed by atoms with Gasteiger partial charge in [0.1, 0.15) is 17.6 Å². The van der Waals surface area contributed by atoms with Crippen molar-refractivity contribution < 1.29 is 9.47 Å². The van der Waals surface area contributed by atoms with Crippen LogP contribution in [0.25, 0.3) is 0 Å². The molecule has 0 aliphatic heterocycles. The number of aliphatic imine (C=N–C) groups is 1. The molecule has 1 aromatic carbocycles. The number of rotatable bonds is 9. The summed E-state index contributed by atoms with van der Waals surface area (Å²) in [4.78, 5) is 6.46. The average Bonchev–Trinajstić information content (AvgIpc) is 3.10. The van der Waals surface area contributed by atoms with Crippen LogP contribution >= 0.6 is 24.0 Å². The lowest BCUT2D eigenvalue weighted by molar-refractivity contribution is 0.222. The van der Waals surface area contributed by atoms with Crippen molar-refractivity contribution in [1.82, 2.24) is 25.3 Å². The lowest BCUT2D eigenvalue weighted by Gasteiger charge is -2.25. The molecule has 0 aliphatic rings. The summed E-state index contributed by atoms with van der Waals surface area (Å²) in [5.41, 5.74) is 1.16. The van der Waals surface area contributed by atoms with Crippen molar-refractivity contribution in [2.45, 2.75) is 19.1 Å². The molecule has 2 aromatic rings. The lowest BCUT2D eigenvalue weighted by Crippen LogP contribution is -2.44. The minimum Gasteiger partial charge on any atom is -0.497 e. The van der Waals surface area contributed by atoms with E-state index in [1.807, 2.05) is 55.3 Å². The van der Waals surface area contributed by atoms with Gasteiger partial charge >= 0.3 is 0 Å². The van der Waals surface area contributed by atoms with Crippen LogP contribution in [0.5, 0.6) is 11.5 Å². The monoisotopic (exact) mass is 516 g/mol. The fraction of sp³-hybridized carbons (Fsp3) is 0.500.